The van der Waals surface area contributed by atoms with E-state index in [0.29, 0.717) is 0 Å². The minimum atomic E-state index is -0.334. The van der Waals surface area contributed by atoms with E-state index in [4.69, 9.17) is 5.73 Å². The van der Waals surface area contributed by atoms with Crippen molar-refractivity contribution >= 4 is 17.7 Å². The first-order valence-electron chi connectivity index (χ1n) is 6.64. The van der Waals surface area contributed by atoms with E-state index in [0.717, 1.165) is 25.8 Å². The van der Waals surface area contributed by atoms with Crippen molar-refractivity contribution in [1.29, 1.82) is 0 Å². The van der Waals surface area contributed by atoms with Crippen LogP contribution in [0.15, 0.2) is 0 Å². The van der Waals surface area contributed by atoms with Crippen LogP contribution in [0.25, 0.3) is 0 Å². The third-order valence-corrected chi connectivity index (χ3v) is 6.01. The minimum Gasteiger partial charge on any atom is -0.354 e. The van der Waals surface area contributed by atoms with Gasteiger partial charge < -0.3 is 11.1 Å². The lowest BCUT2D eigenvalue weighted by molar-refractivity contribution is -0.130. The quantitative estimate of drug-likeness (QED) is 0.811. The number of carbonyl (C=O) groups is 1. The van der Waals surface area contributed by atoms with E-state index in [9.17, 15) is 4.79 Å². The van der Waals surface area contributed by atoms with Crippen molar-refractivity contribution in [3.63, 3.8) is 0 Å². The Morgan fingerprint density at radius 3 is 2.71 bits per heavy atom. The highest BCUT2D eigenvalue weighted by Crippen LogP contribution is 2.39. The van der Waals surface area contributed by atoms with Crippen molar-refractivity contribution in [2.75, 3.05) is 12.3 Å². The molecule has 2 fully saturated rings. The van der Waals surface area contributed by atoms with E-state index in [2.05, 4.69) is 12.2 Å². The molecular weight excluding hydrogens is 232 g/mol. The normalized spacial score (nSPS) is 41.7. The number of nitrogens with one attached hydrogen (secondary N) is 1. The summed E-state index contributed by atoms with van der Waals surface area (Å²) in [5.74, 6) is 1.39. The fourth-order valence-corrected chi connectivity index (χ4v) is 4.16. The molecule has 1 amide bonds. The van der Waals surface area contributed by atoms with Gasteiger partial charge in [0.15, 0.2) is 0 Å². The topological polar surface area (TPSA) is 55.1 Å². The van der Waals surface area contributed by atoms with Gasteiger partial charge in [0.05, 0.1) is 5.41 Å². The number of nitrogens with two attached hydrogens (primary N) is 1. The molecular formula is C13H24N2OS. The zero-order valence-electron chi connectivity index (χ0n) is 10.9. The second-order valence-electron chi connectivity index (χ2n) is 6.00. The average Bonchev–Trinajstić information content (AvgIpc) is 2.85. The molecule has 1 saturated heterocycles. The van der Waals surface area contributed by atoms with Gasteiger partial charge in [-0.3, -0.25) is 4.79 Å². The Morgan fingerprint density at radius 1 is 1.41 bits per heavy atom. The Morgan fingerprint density at radius 2 is 2.18 bits per heavy atom. The first-order chi connectivity index (χ1) is 7.96. The van der Waals surface area contributed by atoms with E-state index >= 15 is 0 Å². The Balaban J connectivity index is 1.89. The van der Waals surface area contributed by atoms with Gasteiger partial charge in [-0.05, 0) is 45.3 Å². The third kappa shape index (κ3) is 2.63. The van der Waals surface area contributed by atoms with Gasteiger partial charge in [-0.2, -0.15) is 11.8 Å². The summed E-state index contributed by atoms with van der Waals surface area (Å²) in [5, 5.41) is 3.14. The molecule has 0 radical (unpaired) electrons. The zero-order chi connectivity index (χ0) is 12.5. The number of thioether (sulfide) groups is 1. The summed E-state index contributed by atoms with van der Waals surface area (Å²) in [6, 6.07) is 0.0338. The lowest BCUT2D eigenvalue weighted by Crippen LogP contribution is -2.50. The zero-order valence-corrected chi connectivity index (χ0v) is 11.7. The maximum atomic E-state index is 12.3. The summed E-state index contributed by atoms with van der Waals surface area (Å²) >= 11 is 1.98. The van der Waals surface area contributed by atoms with Gasteiger partial charge in [0.1, 0.15) is 0 Å². The van der Waals surface area contributed by atoms with Crippen LogP contribution in [0, 0.1) is 5.41 Å². The van der Waals surface area contributed by atoms with E-state index in [1.54, 1.807) is 0 Å². The van der Waals surface area contributed by atoms with E-state index in [1.807, 2.05) is 18.7 Å². The summed E-state index contributed by atoms with van der Waals surface area (Å²) in [4.78, 5) is 12.3. The maximum absolute atomic E-state index is 12.3. The van der Waals surface area contributed by atoms with Gasteiger partial charge >= 0.3 is 0 Å². The molecule has 1 saturated carbocycles. The molecule has 17 heavy (non-hydrogen) atoms. The molecule has 0 spiro atoms. The second-order valence-corrected chi connectivity index (χ2v) is 7.68. The Kier molecular flexibility index (Phi) is 3.74. The molecule has 3 nitrogen and oxygen atoms in total. The average molecular weight is 256 g/mol. The van der Waals surface area contributed by atoms with Crippen LogP contribution in [-0.2, 0) is 4.79 Å². The number of carbonyl (C=O) groups excluding carboxylic acids is 1. The van der Waals surface area contributed by atoms with Gasteiger partial charge in [-0.25, -0.2) is 0 Å². The summed E-state index contributed by atoms with van der Waals surface area (Å²) in [7, 11) is 0. The molecule has 1 heterocycles. The van der Waals surface area contributed by atoms with Crippen LogP contribution < -0.4 is 11.1 Å². The highest BCUT2D eigenvalue weighted by atomic mass is 32.2. The third-order valence-electron chi connectivity index (χ3n) is 4.47. The first kappa shape index (κ1) is 13.2. The largest absolute Gasteiger partial charge is 0.354 e. The predicted octanol–water partition coefficient (Wildman–Crippen LogP) is 1.91. The Bertz CT molecular complexity index is 302. The number of amides is 1. The minimum absolute atomic E-state index is 0.0338. The molecule has 3 N–H and O–H groups in total. The standard InChI is InChI=1S/C13H24N2OS/c1-12(6-4-8-17-12)9-15-11(16)13(2)7-3-5-10(13)14/h10H,3-9,14H2,1-2H3,(H,15,16). The molecule has 98 valence electrons. The summed E-state index contributed by atoms with van der Waals surface area (Å²) < 4.78 is 0.245. The molecule has 3 atom stereocenters. The molecule has 0 bridgehead atoms. The van der Waals surface area contributed by atoms with Crippen molar-refractivity contribution < 1.29 is 4.79 Å². The summed E-state index contributed by atoms with van der Waals surface area (Å²) in [6.45, 7) is 5.06. The smallest absolute Gasteiger partial charge is 0.227 e. The van der Waals surface area contributed by atoms with Gasteiger partial charge in [0, 0.05) is 17.3 Å². The molecule has 1 aliphatic carbocycles. The van der Waals surface area contributed by atoms with Gasteiger partial charge in [-0.15, -0.1) is 0 Å². The van der Waals surface area contributed by atoms with E-state index < -0.39 is 0 Å². The van der Waals surface area contributed by atoms with Crippen LogP contribution >= 0.6 is 11.8 Å². The first-order valence-corrected chi connectivity index (χ1v) is 7.63. The lowest BCUT2D eigenvalue weighted by atomic mass is 9.84. The van der Waals surface area contributed by atoms with Crippen LogP contribution in [0.4, 0.5) is 0 Å². The number of hydrogen-bond acceptors (Lipinski definition) is 3. The van der Waals surface area contributed by atoms with Crippen LogP contribution in [0.3, 0.4) is 0 Å². The van der Waals surface area contributed by atoms with Crippen molar-refractivity contribution in [2.24, 2.45) is 11.1 Å². The molecule has 3 unspecified atom stereocenters. The van der Waals surface area contributed by atoms with E-state index in [1.165, 1.54) is 18.6 Å². The lowest BCUT2D eigenvalue weighted by Gasteiger charge is -2.30. The van der Waals surface area contributed by atoms with Crippen LogP contribution in [0.2, 0.25) is 0 Å². The van der Waals surface area contributed by atoms with Gasteiger partial charge in [0.2, 0.25) is 5.91 Å². The van der Waals surface area contributed by atoms with E-state index in [-0.39, 0.29) is 22.1 Å². The predicted molar refractivity (Wildman–Crippen MR) is 73.0 cm³/mol. The van der Waals surface area contributed by atoms with Crippen molar-refractivity contribution in [3.8, 4) is 0 Å². The van der Waals surface area contributed by atoms with Crippen molar-refractivity contribution in [3.05, 3.63) is 0 Å². The molecule has 2 rings (SSSR count). The number of rotatable bonds is 3. The highest BCUT2D eigenvalue weighted by Gasteiger charge is 2.43. The monoisotopic (exact) mass is 256 g/mol. The molecule has 1 aliphatic heterocycles. The molecule has 2 aliphatic rings. The summed E-state index contributed by atoms with van der Waals surface area (Å²) in [5.41, 5.74) is 5.73. The van der Waals surface area contributed by atoms with Crippen LogP contribution in [0.5, 0.6) is 0 Å². The molecule has 4 heteroatoms. The SMILES string of the molecule is CC1(CNC(=O)C2(C)CCCC2N)CCCS1. The molecule has 0 aromatic rings. The van der Waals surface area contributed by atoms with Crippen molar-refractivity contribution in [1.82, 2.24) is 5.32 Å². The number of hydrogen-bond donors (Lipinski definition) is 2. The second kappa shape index (κ2) is 4.81. The van der Waals surface area contributed by atoms with Crippen LogP contribution in [0.1, 0.15) is 46.0 Å². The summed E-state index contributed by atoms with van der Waals surface area (Å²) in [6.07, 6.45) is 5.48. The highest BCUT2D eigenvalue weighted by molar-refractivity contribution is 8.00. The molecule has 0 aromatic carbocycles. The van der Waals surface area contributed by atoms with Crippen LogP contribution in [-0.4, -0.2) is 29.0 Å². The fourth-order valence-electron chi connectivity index (χ4n) is 2.92. The van der Waals surface area contributed by atoms with Gasteiger partial charge in [-0.1, -0.05) is 6.42 Å². The van der Waals surface area contributed by atoms with Gasteiger partial charge in [0.25, 0.3) is 0 Å². The van der Waals surface area contributed by atoms with Crippen molar-refractivity contribution in [2.45, 2.75) is 56.7 Å². The maximum Gasteiger partial charge on any atom is 0.227 e. The Hall–Kier alpha value is -0.220. The molecule has 0 aromatic heterocycles. The Labute approximate surface area is 108 Å². The fraction of sp³-hybridized carbons (Fsp3) is 0.923.